The van der Waals surface area contributed by atoms with Crippen LogP contribution in [0.1, 0.15) is 120 Å². The van der Waals surface area contributed by atoms with E-state index in [2.05, 4.69) is 84.0 Å². The van der Waals surface area contributed by atoms with E-state index in [4.69, 9.17) is 9.47 Å². The maximum absolute atomic E-state index is 11.4. The van der Waals surface area contributed by atoms with Crippen molar-refractivity contribution in [1.82, 2.24) is 0 Å². The lowest BCUT2D eigenvalue weighted by atomic mass is 9.70. The highest BCUT2D eigenvalue weighted by molar-refractivity contribution is 5.71. The normalized spacial score (nSPS) is 17.4. The van der Waals surface area contributed by atoms with Crippen molar-refractivity contribution in [2.45, 2.75) is 123 Å². The number of carbonyl (C=O) groups excluding carboxylic acids is 1. The number of carbonyl (C=O) groups is 1. The first-order valence-corrected chi connectivity index (χ1v) is 15.2. The van der Waals surface area contributed by atoms with Crippen LogP contribution in [0.25, 0.3) is 6.08 Å². The molecule has 1 saturated heterocycles. The molecule has 1 heterocycles. The number of ether oxygens (including phenoxy) is 2. The smallest absolute Gasteiger partial charge is 0.306 e. The van der Waals surface area contributed by atoms with Gasteiger partial charge >= 0.3 is 5.97 Å². The van der Waals surface area contributed by atoms with Gasteiger partial charge in [-0.05, 0) is 79.8 Å². The van der Waals surface area contributed by atoms with Crippen molar-refractivity contribution < 1.29 is 19.4 Å². The number of aryl methyl sites for hydroxylation is 2. The zero-order valence-corrected chi connectivity index (χ0v) is 25.1. The molecule has 1 aliphatic heterocycles. The second-order valence-corrected chi connectivity index (χ2v) is 11.4. The van der Waals surface area contributed by atoms with Crippen molar-refractivity contribution in [3.63, 3.8) is 0 Å². The summed E-state index contributed by atoms with van der Waals surface area (Å²) in [4.78, 5) is 11.4. The van der Waals surface area contributed by atoms with Gasteiger partial charge in [0.25, 0.3) is 0 Å². The Morgan fingerprint density at radius 3 is 2.21 bits per heavy atom. The summed E-state index contributed by atoms with van der Waals surface area (Å²) in [5, 5.41) is 11.1. The summed E-state index contributed by atoms with van der Waals surface area (Å²) in [5.41, 5.74) is 5.25. The molecule has 4 heteroatoms. The molecule has 2 atom stereocenters. The van der Waals surface area contributed by atoms with Crippen LogP contribution in [-0.4, -0.2) is 29.4 Å². The highest BCUT2D eigenvalue weighted by Gasteiger charge is 2.32. The van der Waals surface area contributed by atoms with E-state index >= 15 is 0 Å². The molecule has 0 radical (unpaired) electrons. The third-order valence-electron chi connectivity index (χ3n) is 8.80. The summed E-state index contributed by atoms with van der Waals surface area (Å²) >= 11 is 0. The van der Waals surface area contributed by atoms with Crippen LogP contribution in [0.15, 0.2) is 42.5 Å². The van der Waals surface area contributed by atoms with Gasteiger partial charge in [0.2, 0.25) is 0 Å². The number of hydrogen-bond acceptors (Lipinski definition) is 4. The van der Waals surface area contributed by atoms with Gasteiger partial charge in [0, 0.05) is 11.8 Å². The number of unbranched alkanes of at least 4 members (excludes halogenated alkanes) is 3. The second-order valence-electron chi connectivity index (χ2n) is 11.4. The average molecular weight is 535 g/mol. The molecule has 0 bridgehead atoms. The zero-order chi connectivity index (χ0) is 28.5. The number of rotatable bonds is 15. The predicted molar refractivity (Wildman–Crippen MR) is 161 cm³/mol. The molecule has 1 aliphatic rings. The van der Waals surface area contributed by atoms with Crippen LogP contribution < -0.4 is 4.74 Å². The molecule has 0 saturated carbocycles. The van der Waals surface area contributed by atoms with E-state index < -0.39 is 5.60 Å². The first-order valence-electron chi connectivity index (χ1n) is 15.2. The lowest BCUT2D eigenvalue weighted by Crippen LogP contribution is -2.26. The number of hydrogen-bond donors (Lipinski definition) is 1. The lowest BCUT2D eigenvalue weighted by Gasteiger charge is -2.34. The highest BCUT2D eigenvalue weighted by Crippen LogP contribution is 2.41. The number of aliphatic hydroxyl groups is 1. The standard InChI is InChI=1S/C35H50O4/c1-7-11-12-13-21-34(37,8-2)22-20-28-14-15-29(23-26(28)5)35(9-3,10-4)30-16-18-32(27(6)24-30)38-25-31-17-19-33(36)39-31/h14-16,18,20,22-24,31,37H,7-13,17,19,21,25H2,1-6H3/t31-,34?/m0/s1. The summed E-state index contributed by atoms with van der Waals surface area (Å²) in [6.07, 6.45) is 13.4. The zero-order valence-electron chi connectivity index (χ0n) is 25.1. The van der Waals surface area contributed by atoms with E-state index in [1.165, 1.54) is 36.0 Å². The third kappa shape index (κ3) is 7.75. The van der Waals surface area contributed by atoms with E-state index in [1.807, 2.05) is 6.08 Å². The Balaban J connectivity index is 1.79. The minimum atomic E-state index is -0.740. The molecule has 2 aromatic rings. The van der Waals surface area contributed by atoms with E-state index in [9.17, 15) is 9.90 Å². The van der Waals surface area contributed by atoms with Crippen LogP contribution in [0, 0.1) is 13.8 Å². The van der Waals surface area contributed by atoms with Crippen LogP contribution >= 0.6 is 0 Å². The third-order valence-corrected chi connectivity index (χ3v) is 8.80. The highest BCUT2D eigenvalue weighted by atomic mass is 16.6. The number of cyclic esters (lactones) is 1. The summed E-state index contributed by atoms with van der Waals surface area (Å²) in [6.45, 7) is 13.5. The minimum Gasteiger partial charge on any atom is -0.489 e. The minimum absolute atomic E-state index is 0.0965. The quantitative estimate of drug-likeness (QED) is 0.184. The first-order chi connectivity index (χ1) is 18.7. The monoisotopic (exact) mass is 534 g/mol. The van der Waals surface area contributed by atoms with E-state index in [-0.39, 0.29) is 17.5 Å². The molecular formula is C35H50O4. The Morgan fingerprint density at radius 1 is 0.949 bits per heavy atom. The average Bonchev–Trinajstić information content (AvgIpc) is 3.36. The number of benzene rings is 2. The molecule has 214 valence electrons. The Hall–Kier alpha value is -2.59. The largest absolute Gasteiger partial charge is 0.489 e. The SMILES string of the molecule is CCCCCCC(O)(C=Cc1ccc(C(CC)(CC)c2ccc(OC[C@@H]3CCC(=O)O3)c(C)c2)cc1C)CC. The van der Waals surface area contributed by atoms with Crippen LogP contribution in [0.4, 0.5) is 0 Å². The first kappa shape index (κ1) is 30.9. The fraction of sp³-hybridized carbons (Fsp3) is 0.571. The molecule has 4 nitrogen and oxygen atoms in total. The van der Waals surface area contributed by atoms with Gasteiger partial charge in [-0.2, -0.15) is 0 Å². The molecule has 0 amide bonds. The molecule has 0 aliphatic carbocycles. The molecule has 0 spiro atoms. The van der Waals surface area contributed by atoms with Crippen molar-refractivity contribution in [2.24, 2.45) is 0 Å². The summed E-state index contributed by atoms with van der Waals surface area (Å²) in [5.74, 6) is 0.712. The van der Waals surface area contributed by atoms with Crippen molar-refractivity contribution in [2.75, 3.05) is 6.61 Å². The Kier molecular flexibility index (Phi) is 11.2. The van der Waals surface area contributed by atoms with Crippen molar-refractivity contribution in [3.8, 4) is 5.75 Å². The van der Waals surface area contributed by atoms with Gasteiger partial charge in [-0.1, -0.05) is 95.9 Å². The summed E-state index contributed by atoms with van der Waals surface area (Å²) in [6, 6.07) is 13.3. The van der Waals surface area contributed by atoms with Crippen molar-refractivity contribution in [3.05, 3.63) is 70.3 Å². The van der Waals surface area contributed by atoms with Crippen LogP contribution in [-0.2, 0) is 14.9 Å². The molecule has 2 aromatic carbocycles. The van der Waals surface area contributed by atoms with Crippen molar-refractivity contribution >= 4 is 12.0 Å². The van der Waals surface area contributed by atoms with Gasteiger partial charge in [-0.25, -0.2) is 0 Å². The fourth-order valence-electron chi connectivity index (χ4n) is 5.87. The van der Waals surface area contributed by atoms with Crippen LogP contribution in [0.2, 0.25) is 0 Å². The molecular weight excluding hydrogens is 484 g/mol. The van der Waals surface area contributed by atoms with Crippen LogP contribution in [0.5, 0.6) is 5.75 Å². The van der Waals surface area contributed by atoms with Gasteiger partial charge in [0.15, 0.2) is 0 Å². The molecule has 1 unspecified atom stereocenters. The molecule has 1 N–H and O–H groups in total. The molecule has 39 heavy (non-hydrogen) atoms. The van der Waals surface area contributed by atoms with Crippen molar-refractivity contribution in [1.29, 1.82) is 0 Å². The molecule has 0 aromatic heterocycles. The molecule has 1 fully saturated rings. The van der Waals surface area contributed by atoms with Crippen LogP contribution in [0.3, 0.4) is 0 Å². The maximum Gasteiger partial charge on any atom is 0.306 e. The fourth-order valence-corrected chi connectivity index (χ4v) is 5.87. The van der Waals surface area contributed by atoms with E-state index in [1.54, 1.807) is 0 Å². The summed E-state index contributed by atoms with van der Waals surface area (Å²) < 4.78 is 11.3. The Labute approximate surface area is 236 Å². The maximum atomic E-state index is 11.4. The van der Waals surface area contributed by atoms with E-state index in [0.717, 1.165) is 55.4 Å². The Bertz CT molecular complexity index is 1110. The van der Waals surface area contributed by atoms with Gasteiger partial charge in [0.05, 0.1) is 5.60 Å². The predicted octanol–water partition coefficient (Wildman–Crippen LogP) is 8.62. The Morgan fingerprint density at radius 2 is 1.64 bits per heavy atom. The van der Waals surface area contributed by atoms with Gasteiger partial charge in [-0.15, -0.1) is 0 Å². The summed E-state index contributed by atoms with van der Waals surface area (Å²) in [7, 11) is 0. The topological polar surface area (TPSA) is 55.8 Å². The van der Waals surface area contributed by atoms with Gasteiger partial charge in [0.1, 0.15) is 18.5 Å². The second kappa shape index (κ2) is 14.2. The van der Waals surface area contributed by atoms with Gasteiger partial charge < -0.3 is 14.6 Å². The molecule has 3 rings (SSSR count). The lowest BCUT2D eigenvalue weighted by molar-refractivity contribution is -0.142. The van der Waals surface area contributed by atoms with E-state index in [0.29, 0.717) is 13.0 Å². The van der Waals surface area contributed by atoms with Gasteiger partial charge in [-0.3, -0.25) is 4.79 Å². The number of esters is 1.